The molecule has 77 valence electrons. The maximum atomic E-state index is 5.78. The van der Waals surface area contributed by atoms with E-state index in [0.717, 1.165) is 24.8 Å². The van der Waals surface area contributed by atoms with E-state index in [2.05, 4.69) is 6.92 Å². The topological polar surface area (TPSA) is 0 Å². The largest absolute Gasteiger partial charge is 0.216 e. The van der Waals surface area contributed by atoms with Crippen LogP contribution >= 0.6 is 34.8 Å². The molecule has 1 rings (SSSR count). The van der Waals surface area contributed by atoms with E-state index in [1.54, 1.807) is 0 Å². The Hall–Kier alpha value is 0.0900. The average Bonchev–Trinajstić information content (AvgIpc) is 2.14. The summed E-state index contributed by atoms with van der Waals surface area (Å²) < 4.78 is -1.32. The average molecular weight is 251 g/mol. The van der Waals surface area contributed by atoms with Crippen molar-refractivity contribution < 1.29 is 0 Å². The third-order valence-corrected chi connectivity index (χ3v) is 2.62. The second-order valence-electron chi connectivity index (χ2n) is 3.16. The quantitative estimate of drug-likeness (QED) is 0.684. The van der Waals surface area contributed by atoms with Gasteiger partial charge in [0.05, 0.1) is 0 Å². The zero-order valence-corrected chi connectivity index (χ0v) is 10.0. The predicted molar refractivity (Wildman–Crippen MR) is 64.0 cm³/mol. The first-order chi connectivity index (χ1) is 6.54. The van der Waals surface area contributed by atoms with Crippen molar-refractivity contribution >= 4 is 34.8 Å². The molecule has 0 heterocycles. The van der Waals surface area contributed by atoms with Crippen molar-refractivity contribution in [1.82, 2.24) is 0 Å². The third-order valence-electron chi connectivity index (χ3n) is 1.97. The molecule has 0 nitrogen and oxygen atoms in total. The Morgan fingerprint density at radius 3 is 2.50 bits per heavy atom. The number of benzene rings is 1. The van der Waals surface area contributed by atoms with Gasteiger partial charge in [0.1, 0.15) is 0 Å². The van der Waals surface area contributed by atoms with Gasteiger partial charge >= 0.3 is 0 Å². The van der Waals surface area contributed by atoms with E-state index in [1.165, 1.54) is 5.56 Å². The van der Waals surface area contributed by atoms with Crippen LogP contribution in [-0.4, -0.2) is 0 Å². The molecule has 3 heteroatoms. The number of aryl methyl sites for hydroxylation is 1. The molecule has 0 aliphatic carbocycles. The van der Waals surface area contributed by atoms with Crippen LogP contribution in [0.15, 0.2) is 24.3 Å². The molecule has 0 fully saturated rings. The molecule has 14 heavy (non-hydrogen) atoms. The normalized spacial score (nSPS) is 11.7. The first-order valence-electron chi connectivity index (χ1n) is 4.49. The molecule has 0 saturated carbocycles. The van der Waals surface area contributed by atoms with Gasteiger partial charge in [0.25, 0.3) is 0 Å². The Morgan fingerprint density at radius 1 is 1.21 bits per heavy atom. The van der Waals surface area contributed by atoms with Crippen molar-refractivity contribution in [2.24, 2.45) is 0 Å². The van der Waals surface area contributed by atoms with E-state index in [0.29, 0.717) is 0 Å². The second-order valence-corrected chi connectivity index (χ2v) is 5.44. The second kappa shape index (κ2) is 5.25. The number of rotatable bonds is 3. The molecule has 1 aromatic rings. The Balaban J connectivity index is 2.79. The zero-order chi connectivity index (χ0) is 10.6. The molecule has 0 atom stereocenters. The van der Waals surface area contributed by atoms with Crippen LogP contribution in [0.1, 0.15) is 24.0 Å². The van der Waals surface area contributed by atoms with Crippen molar-refractivity contribution in [2.45, 2.75) is 23.1 Å². The molecule has 0 aromatic heterocycles. The summed E-state index contributed by atoms with van der Waals surface area (Å²) in [7, 11) is 0. The molecule has 0 amide bonds. The summed E-state index contributed by atoms with van der Waals surface area (Å²) in [5.41, 5.74) is 1.92. The lowest BCUT2D eigenvalue weighted by atomic mass is 10.1. The van der Waals surface area contributed by atoms with Gasteiger partial charge in [-0.1, -0.05) is 72.4 Å². The Labute approximate surface area is 100 Å². The molecule has 0 saturated heterocycles. The SMILES string of the molecule is [CH2]CCCc1cccc(C(Cl)(Cl)Cl)c1. The lowest BCUT2D eigenvalue weighted by Crippen LogP contribution is -2.00. The molecule has 0 unspecified atom stereocenters. The first-order valence-corrected chi connectivity index (χ1v) is 5.63. The number of halogens is 3. The molecular weight excluding hydrogens is 238 g/mol. The van der Waals surface area contributed by atoms with E-state index in [9.17, 15) is 0 Å². The fourth-order valence-corrected chi connectivity index (χ4v) is 1.58. The number of unbranched alkanes of at least 4 members (excludes halogenated alkanes) is 1. The maximum absolute atomic E-state index is 5.78. The van der Waals surface area contributed by atoms with Gasteiger partial charge < -0.3 is 0 Å². The highest BCUT2D eigenvalue weighted by atomic mass is 35.6. The highest BCUT2D eigenvalue weighted by molar-refractivity contribution is 6.66. The lowest BCUT2D eigenvalue weighted by Gasteiger charge is -2.12. The highest BCUT2D eigenvalue weighted by Crippen LogP contribution is 2.38. The van der Waals surface area contributed by atoms with Crippen molar-refractivity contribution in [3.8, 4) is 0 Å². The lowest BCUT2D eigenvalue weighted by molar-refractivity contribution is 0.839. The third kappa shape index (κ3) is 3.68. The van der Waals surface area contributed by atoms with Gasteiger partial charge in [-0.25, -0.2) is 0 Å². The monoisotopic (exact) mass is 249 g/mol. The molecule has 0 bridgehead atoms. The van der Waals surface area contributed by atoms with Crippen LogP contribution in [-0.2, 0) is 10.2 Å². The summed E-state index contributed by atoms with van der Waals surface area (Å²) in [6, 6.07) is 7.70. The number of hydrogen-bond acceptors (Lipinski definition) is 0. The molecule has 0 aliphatic rings. The van der Waals surface area contributed by atoms with Gasteiger partial charge in [-0.3, -0.25) is 0 Å². The highest BCUT2D eigenvalue weighted by Gasteiger charge is 2.22. The van der Waals surface area contributed by atoms with Crippen molar-refractivity contribution in [3.63, 3.8) is 0 Å². The molecule has 0 spiro atoms. The zero-order valence-electron chi connectivity index (χ0n) is 7.77. The standard InChI is InChI=1S/C11H12Cl3/c1-2-3-5-9-6-4-7-10(8-9)11(12,13)14/h4,6-8H,1-3,5H2. The fraction of sp³-hybridized carbons (Fsp3) is 0.364. The van der Waals surface area contributed by atoms with Crippen molar-refractivity contribution in [3.05, 3.63) is 42.3 Å². The first kappa shape index (κ1) is 12.2. The molecule has 1 aromatic carbocycles. The summed E-state index contributed by atoms with van der Waals surface area (Å²) in [6.45, 7) is 3.79. The van der Waals surface area contributed by atoms with E-state index < -0.39 is 3.79 Å². The van der Waals surface area contributed by atoms with Crippen LogP contribution in [0, 0.1) is 6.92 Å². The summed E-state index contributed by atoms with van der Waals surface area (Å²) in [5.74, 6) is 0. The summed E-state index contributed by atoms with van der Waals surface area (Å²) in [4.78, 5) is 0. The Kier molecular flexibility index (Phi) is 4.56. The molecule has 0 aliphatic heterocycles. The van der Waals surface area contributed by atoms with E-state index in [1.807, 2.05) is 24.3 Å². The van der Waals surface area contributed by atoms with Crippen LogP contribution in [0.2, 0.25) is 0 Å². The summed E-state index contributed by atoms with van der Waals surface area (Å²) in [5, 5.41) is 0. The van der Waals surface area contributed by atoms with Crippen LogP contribution in [0.3, 0.4) is 0 Å². The van der Waals surface area contributed by atoms with Gasteiger partial charge in [0.15, 0.2) is 0 Å². The predicted octanol–water partition coefficient (Wildman–Crippen LogP) is 4.67. The van der Waals surface area contributed by atoms with Gasteiger partial charge in [0.2, 0.25) is 3.79 Å². The van der Waals surface area contributed by atoms with Crippen molar-refractivity contribution in [2.75, 3.05) is 0 Å². The number of hydrogen-bond donors (Lipinski definition) is 0. The van der Waals surface area contributed by atoms with E-state index >= 15 is 0 Å². The fourth-order valence-electron chi connectivity index (χ4n) is 1.23. The van der Waals surface area contributed by atoms with Gasteiger partial charge in [-0.2, -0.15) is 0 Å². The van der Waals surface area contributed by atoms with Crippen LogP contribution in [0.25, 0.3) is 0 Å². The van der Waals surface area contributed by atoms with Gasteiger partial charge in [0, 0.05) is 5.56 Å². The smallest absolute Gasteiger partial charge is 0.0784 e. The minimum atomic E-state index is -1.32. The van der Waals surface area contributed by atoms with Crippen LogP contribution in [0.5, 0.6) is 0 Å². The van der Waals surface area contributed by atoms with Gasteiger partial charge in [-0.15, -0.1) is 0 Å². The Bertz CT molecular complexity index is 289. The maximum Gasteiger partial charge on any atom is 0.216 e. The van der Waals surface area contributed by atoms with E-state index in [4.69, 9.17) is 34.8 Å². The summed E-state index contributed by atoms with van der Waals surface area (Å²) in [6.07, 6.45) is 2.97. The minimum absolute atomic E-state index is 0.726. The van der Waals surface area contributed by atoms with Gasteiger partial charge in [-0.05, 0) is 18.4 Å². The molecular formula is C11H12Cl3. The summed E-state index contributed by atoms with van der Waals surface area (Å²) >= 11 is 17.3. The van der Waals surface area contributed by atoms with Crippen molar-refractivity contribution in [1.29, 1.82) is 0 Å². The molecule has 0 N–H and O–H groups in total. The molecule has 1 radical (unpaired) electrons. The number of alkyl halides is 3. The van der Waals surface area contributed by atoms with Crippen LogP contribution in [0.4, 0.5) is 0 Å². The Morgan fingerprint density at radius 2 is 1.93 bits per heavy atom. The van der Waals surface area contributed by atoms with E-state index in [-0.39, 0.29) is 0 Å². The minimum Gasteiger partial charge on any atom is -0.0784 e. The van der Waals surface area contributed by atoms with Crippen LogP contribution < -0.4 is 0 Å².